The topological polar surface area (TPSA) is 17.8 Å². The maximum Gasteiger partial charge on any atom is 0.147 e. The maximum atomic E-state index is 14.3. The highest BCUT2D eigenvalue weighted by Crippen LogP contribution is 2.30. The molecule has 0 fully saturated rings. The second-order valence-electron chi connectivity index (χ2n) is 4.51. The van der Waals surface area contributed by atoms with Crippen LogP contribution in [0.3, 0.4) is 0 Å². The molecule has 1 heterocycles. The molecule has 6 heteroatoms. The third-order valence-electron chi connectivity index (χ3n) is 3.16. The number of benzene rings is 2. The molecular weight excluding hydrogens is 378 g/mol. The summed E-state index contributed by atoms with van der Waals surface area (Å²) < 4.78 is 16.8. The predicted octanol–water partition coefficient (Wildman–Crippen LogP) is 5.36. The van der Waals surface area contributed by atoms with Crippen LogP contribution in [0.2, 0.25) is 5.02 Å². The molecule has 0 unspecified atom stereocenters. The molecular formula is C15H10BrCl2FN2. The zero-order chi connectivity index (χ0) is 15.0. The van der Waals surface area contributed by atoms with Gasteiger partial charge in [0.15, 0.2) is 0 Å². The van der Waals surface area contributed by atoms with Crippen LogP contribution in [0, 0.1) is 5.82 Å². The number of halogens is 4. The molecule has 2 aromatic carbocycles. The van der Waals surface area contributed by atoms with Crippen LogP contribution >= 0.6 is 39.1 Å². The summed E-state index contributed by atoms with van der Waals surface area (Å²) in [6.45, 7) is 0. The molecule has 2 nitrogen and oxygen atoms in total. The largest absolute Gasteiger partial charge is 0.292 e. The predicted molar refractivity (Wildman–Crippen MR) is 88.2 cm³/mol. The minimum atomic E-state index is -0.340. The molecule has 3 rings (SSSR count). The minimum absolute atomic E-state index is 0.340. The number of aromatic nitrogens is 2. The summed E-state index contributed by atoms with van der Waals surface area (Å²) in [7, 11) is 0. The molecule has 0 saturated heterocycles. The van der Waals surface area contributed by atoms with Gasteiger partial charge in [0.25, 0.3) is 0 Å². The molecule has 0 spiro atoms. The van der Waals surface area contributed by atoms with E-state index >= 15 is 0 Å². The van der Waals surface area contributed by atoms with E-state index in [0.717, 1.165) is 9.99 Å². The van der Waals surface area contributed by atoms with Crippen molar-refractivity contribution < 1.29 is 4.39 Å². The molecule has 0 aliphatic carbocycles. The quantitative estimate of drug-likeness (QED) is 0.553. The average molecular weight is 388 g/mol. The van der Waals surface area contributed by atoms with Gasteiger partial charge in [-0.05, 0) is 30.3 Å². The van der Waals surface area contributed by atoms with Crippen LogP contribution < -0.4 is 0 Å². The number of aryl methyl sites for hydroxylation is 1. The summed E-state index contributed by atoms with van der Waals surface area (Å²) >= 11 is 15.5. The van der Waals surface area contributed by atoms with Gasteiger partial charge in [-0.25, -0.2) is 9.37 Å². The highest BCUT2D eigenvalue weighted by Gasteiger charge is 2.17. The van der Waals surface area contributed by atoms with E-state index in [2.05, 4.69) is 20.9 Å². The third-order valence-corrected chi connectivity index (χ3v) is 4.15. The molecule has 3 aromatic rings. The van der Waals surface area contributed by atoms with Crippen molar-refractivity contribution in [2.45, 2.75) is 6.42 Å². The van der Waals surface area contributed by atoms with Crippen LogP contribution in [0.15, 0.2) is 40.9 Å². The number of rotatable bonds is 3. The van der Waals surface area contributed by atoms with Crippen molar-refractivity contribution >= 4 is 50.2 Å². The Bertz CT molecular complexity index is 817. The maximum absolute atomic E-state index is 14.3. The van der Waals surface area contributed by atoms with Gasteiger partial charge in [-0.15, -0.1) is 11.6 Å². The standard InChI is InChI=1S/C15H10BrCl2FN2/c16-9-4-5-11(19)13(8-9)21-14(6-7-17)20-12-3-1-2-10(18)15(12)21/h1-5,8H,6-7H2. The molecule has 0 radical (unpaired) electrons. The number of alkyl halides is 1. The van der Waals surface area contributed by atoms with Crippen LogP contribution in [0.25, 0.3) is 16.7 Å². The van der Waals surface area contributed by atoms with E-state index in [-0.39, 0.29) is 5.82 Å². The smallest absolute Gasteiger partial charge is 0.147 e. The zero-order valence-corrected chi connectivity index (χ0v) is 13.9. The van der Waals surface area contributed by atoms with E-state index in [1.807, 2.05) is 12.1 Å². The van der Waals surface area contributed by atoms with E-state index in [9.17, 15) is 4.39 Å². The Morgan fingerprint density at radius 1 is 1.24 bits per heavy atom. The molecule has 0 aliphatic heterocycles. The highest BCUT2D eigenvalue weighted by molar-refractivity contribution is 9.10. The second-order valence-corrected chi connectivity index (χ2v) is 6.21. The first-order chi connectivity index (χ1) is 10.1. The minimum Gasteiger partial charge on any atom is -0.292 e. The Kier molecular flexibility index (Phi) is 4.20. The van der Waals surface area contributed by atoms with Gasteiger partial charge < -0.3 is 0 Å². The van der Waals surface area contributed by atoms with Crippen molar-refractivity contribution in [3.8, 4) is 5.69 Å². The molecule has 0 bridgehead atoms. The van der Waals surface area contributed by atoms with Gasteiger partial charge in [0.05, 0.1) is 21.7 Å². The Hall–Kier alpha value is -1.10. The molecule has 0 N–H and O–H groups in total. The fourth-order valence-corrected chi connectivity index (χ4v) is 3.07. The number of nitrogens with zero attached hydrogens (tertiary/aromatic N) is 2. The summed E-state index contributed by atoms with van der Waals surface area (Å²) in [4.78, 5) is 4.52. The third kappa shape index (κ3) is 2.68. The lowest BCUT2D eigenvalue weighted by molar-refractivity contribution is 0.616. The second kappa shape index (κ2) is 5.95. The molecule has 0 atom stereocenters. The first kappa shape index (κ1) is 14.8. The lowest BCUT2D eigenvalue weighted by atomic mass is 10.2. The summed E-state index contributed by atoms with van der Waals surface area (Å²) in [6, 6.07) is 10.2. The van der Waals surface area contributed by atoms with Gasteiger partial charge in [0, 0.05) is 16.8 Å². The number of para-hydroxylation sites is 1. The lowest BCUT2D eigenvalue weighted by Gasteiger charge is -2.11. The van der Waals surface area contributed by atoms with Gasteiger partial charge in [-0.2, -0.15) is 0 Å². The summed E-state index contributed by atoms with van der Waals surface area (Å²) in [6.07, 6.45) is 0.526. The molecule has 0 saturated carbocycles. The van der Waals surface area contributed by atoms with Gasteiger partial charge in [0.1, 0.15) is 11.6 Å². The first-order valence-electron chi connectivity index (χ1n) is 6.29. The van der Waals surface area contributed by atoms with Crippen LogP contribution in [0.1, 0.15) is 5.82 Å². The molecule has 1 aromatic heterocycles. The van der Waals surface area contributed by atoms with Crippen molar-refractivity contribution in [1.29, 1.82) is 0 Å². The Labute approximate surface area is 139 Å². The van der Waals surface area contributed by atoms with Gasteiger partial charge in [0.2, 0.25) is 0 Å². The molecule has 108 valence electrons. The highest BCUT2D eigenvalue weighted by atomic mass is 79.9. The van der Waals surface area contributed by atoms with Crippen molar-refractivity contribution in [2.24, 2.45) is 0 Å². The first-order valence-corrected chi connectivity index (χ1v) is 7.99. The zero-order valence-electron chi connectivity index (χ0n) is 10.8. The van der Waals surface area contributed by atoms with E-state index in [1.54, 1.807) is 22.8 Å². The van der Waals surface area contributed by atoms with Gasteiger partial charge in [-0.3, -0.25) is 4.57 Å². The summed E-state index contributed by atoms with van der Waals surface area (Å²) in [5, 5.41) is 0.528. The van der Waals surface area contributed by atoms with E-state index in [4.69, 9.17) is 23.2 Å². The summed E-state index contributed by atoms with van der Waals surface area (Å²) in [5.41, 5.74) is 1.82. The Morgan fingerprint density at radius 2 is 2.05 bits per heavy atom. The van der Waals surface area contributed by atoms with Gasteiger partial charge in [-0.1, -0.05) is 33.6 Å². The molecule has 0 aliphatic rings. The van der Waals surface area contributed by atoms with E-state index in [0.29, 0.717) is 34.4 Å². The Balaban J connectivity index is 2.38. The monoisotopic (exact) mass is 386 g/mol. The normalized spacial score (nSPS) is 11.2. The van der Waals surface area contributed by atoms with Gasteiger partial charge >= 0.3 is 0 Å². The van der Waals surface area contributed by atoms with E-state index in [1.165, 1.54) is 6.07 Å². The number of hydrogen-bond donors (Lipinski definition) is 0. The fraction of sp³-hybridized carbons (Fsp3) is 0.133. The lowest BCUT2D eigenvalue weighted by Crippen LogP contribution is -2.04. The average Bonchev–Trinajstić information content (AvgIpc) is 2.81. The van der Waals surface area contributed by atoms with Crippen molar-refractivity contribution in [3.63, 3.8) is 0 Å². The van der Waals surface area contributed by atoms with Crippen LogP contribution in [0.4, 0.5) is 4.39 Å². The van der Waals surface area contributed by atoms with Crippen molar-refractivity contribution in [2.75, 3.05) is 5.88 Å². The number of imidazole rings is 1. The molecule has 0 amide bonds. The van der Waals surface area contributed by atoms with Crippen LogP contribution in [-0.2, 0) is 6.42 Å². The van der Waals surface area contributed by atoms with Crippen molar-refractivity contribution in [3.05, 3.63) is 57.5 Å². The fourth-order valence-electron chi connectivity index (χ4n) is 2.30. The van der Waals surface area contributed by atoms with Crippen LogP contribution in [-0.4, -0.2) is 15.4 Å². The van der Waals surface area contributed by atoms with Crippen LogP contribution in [0.5, 0.6) is 0 Å². The number of fused-ring (bicyclic) bond motifs is 1. The van der Waals surface area contributed by atoms with Crippen molar-refractivity contribution in [1.82, 2.24) is 9.55 Å². The summed E-state index contributed by atoms with van der Waals surface area (Å²) in [5.74, 6) is 0.745. The van der Waals surface area contributed by atoms with E-state index < -0.39 is 0 Å². The number of hydrogen-bond acceptors (Lipinski definition) is 1. The Morgan fingerprint density at radius 3 is 2.81 bits per heavy atom. The molecule has 21 heavy (non-hydrogen) atoms. The SMILES string of the molecule is Fc1ccc(Br)cc1-n1c(CCCl)nc2cccc(Cl)c21.